The number of esters is 2. The van der Waals surface area contributed by atoms with E-state index in [-0.39, 0.29) is 0 Å². The second-order valence-electron chi connectivity index (χ2n) is 8.75. The average molecular weight is 483 g/mol. The van der Waals surface area contributed by atoms with Crippen molar-refractivity contribution in [2.24, 2.45) is 0 Å². The summed E-state index contributed by atoms with van der Waals surface area (Å²) in [6, 6.07) is 14.9. The van der Waals surface area contributed by atoms with Crippen LogP contribution < -0.4 is 15.1 Å². The van der Waals surface area contributed by atoms with Gasteiger partial charge in [0.1, 0.15) is 13.8 Å². The van der Waals surface area contributed by atoms with E-state index in [2.05, 4.69) is 13.1 Å². The van der Waals surface area contributed by atoms with Gasteiger partial charge in [-0.1, -0.05) is 72.7 Å². The van der Waals surface area contributed by atoms with Crippen molar-refractivity contribution in [2.75, 3.05) is 0 Å². The molecule has 3 aromatic carbocycles. The Morgan fingerprint density at radius 1 is 0.938 bits per heavy atom. The molecule has 1 spiro atoms. The molecule has 0 saturated heterocycles. The molecule has 0 radical (unpaired) electrons. The van der Waals surface area contributed by atoms with Gasteiger partial charge in [0.15, 0.2) is 5.60 Å². The van der Waals surface area contributed by atoms with Crippen molar-refractivity contribution in [3.63, 3.8) is 0 Å². The van der Waals surface area contributed by atoms with Crippen LogP contribution in [0.4, 0.5) is 0 Å². The van der Waals surface area contributed by atoms with E-state index in [1.807, 2.05) is 43.3 Å². The molecule has 0 saturated carbocycles. The molecule has 2 heterocycles. The van der Waals surface area contributed by atoms with E-state index >= 15 is 0 Å². The van der Waals surface area contributed by atoms with Gasteiger partial charge < -0.3 is 9.47 Å². The molecule has 2 aliphatic heterocycles. The highest BCUT2D eigenvalue weighted by molar-refractivity contribution is 7.03. The fourth-order valence-electron chi connectivity index (χ4n) is 5.17. The van der Waals surface area contributed by atoms with Crippen LogP contribution in [0.2, 0.25) is 23.1 Å². The molecule has 3 aromatic rings. The fourth-order valence-corrected chi connectivity index (χ4v) is 10.5. The van der Waals surface area contributed by atoms with Crippen molar-refractivity contribution in [3.05, 3.63) is 86.4 Å². The quantitative estimate of drug-likeness (QED) is 0.283. The number of carbonyl (C=O) groups excluding carboxylic acids is 2. The van der Waals surface area contributed by atoms with Crippen LogP contribution in [0, 0.1) is 6.92 Å². The van der Waals surface area contributed by atoms with Crippen LogP contribution in [-0.2, 0) is 15.1 Å². The van der Waals surface area contributed by atoms with Gasteiger partial charge in [-0.25, -0.2) is 4.79 Å². The van der Waals surface area contributed by atoms with Crippen LogP contribution in [0.1, 0.15) is 39.5 Å². The van der Waals surface area contributed by atoms with E-state index < -0.39 is 25.6 Å². The SMILES string of the molecule is CC(=O)Oc1ccc2c(c1Cl)[Si](C)(C)c1c(ccc(C)c1Cl)C21OC(=O)c2ccccc21. The van der Waals surface area contributed by atoms with Crippen molar-refractivity contribution in [1.29, 1.82) is 0 Å². The van der Waals surface area contributed by atoms with Crippen molar-refractivity contribution in [3.8, 4) is 5.75 Å². The first-order chi connectivity index (χ1) is 15.1. The zero-order valence-electron chi connectivity index (χ0n) is 18.0. The van der Waals surface area contributed by atoms with Crippen molar-refractivity contribution >= 4 is 53.6 Å². The summed E-state index contributed by atoms with van der Waals surface area (Å²) in [5, 5.41) is 2.83. The van der Waals surface area contributed by atoms with Crippen LogP contribution in [0.5, 0.6) is 5.75 Å². The molecule has 2 aliphatic rings. The molecule has 0 amide bonds. The molecule has 0 aliphatic carbocycles. The molecule has 0 N–H and O–H groups in total. The third-order valence-electron chi connectivity index (χ3n) is 6.48. The Labute approximate surface area is 197 Å². The molecule has 1 atom stereocenters. The molecule has 0 aromatic heterocycles. The smallest absolute Gasteiger partial charge is 0.340 e. The first-order valence-corrected chi connectivity index (χ1v) is 14.0. The standard InChI is InChI=1S/C25H20Cl2O4Si/c1-13-9-10-17-22(20(13)26)32(3,4)23-18(11-12-19(21(23)27)30-14(2)28)25(17)16-8-6-5-7-15(16)24(29)31-25/h5-12H,1-4H3. The molecule has 5 rings (SSSR count). The lowest BCUT2D eigenvalue weighted by Gasteiger charge is -2.44. The number of ether oxygens (including phenoxy) is 2. The summed E-state index contributed by atoms with van der Waals surface area (Å²) in [7, 11) is -2.52. The van der Waals surface area contributed by atoms with Gasteiger partial charge in [-0.3, -0.25) is 4.79 Å². The number of hydrogen-bond donors (Lipinski definition) is 0. The maximum absolute atomic E-state index is 13.0. The van der Waals surface area contributed by atoms with Gasteiger partial charge in [-0.15, -0.1) is 0 Å². The minimum Gasteiger partial charge on any atom is -0.441 e. The molecule has 1 unspecified atom stereocenters. The predicted molar refractivity (Wildman–Crippen MR) is 127 cm³/mol. The number of hydrogen-bond acceptors (Lipinski definition) is 4. The second-order valence-corrected chi connectivity index (χ2v) is 13.8. The number of carbonyl (C=O) groups is 2. The van der Waals surface area contributed by atoms with Crippen molar-refractivity contribution in [1.82, 2.24) is 0 Å². The Bertz CT molecular complexity index is 1350. The van der Waals surface area contributed by atoms with Crippen LogP contribution in [0.3, 0.4) is 0 Å². The molecular formula is C25H20Cl2O4Si. The lowest BCUT2D eigenvalue weighted by atomic mass is 9.79. The van der Waals surface area contributed by atoms with Gasteiger partial charge in [0, 0.05) is 28.6 Å². The number of halogens is 2. The molecule has 0 fully saturated rings. The van der Waals surface area contributed by atoms with Crippen LogP contribution >= 0.6 is 23.2 Å². The Morgan fingerprint density at radius 3 is 2.25 bits per heavy atom. The lowest BCUT2D eigenvalue weighted by molar-refractivity contribution is -0.131. The first-order valence-electron chi connectivity index (χ1n) is 10.3. The minimum absolute atomic E-state index is 0.290. The number of fused-ring (bicyclic) bond motifs is 6. The number of aryl methyl sites for hydroxylation is 1. The molecular weight excluding hydrogens is 463 g/mol. The third-order valence-corrected chi connectivity index (χ3v) is 11.2. The normalized spacial score (nSPS) is 19.8. The molecule has 32 heavy (non-hydrogen) atoms. The Hall–Kier alpha value is -2.60. The molecule has 162 valence electrons. The van der Waals surface area contributed by atoms with E-state index in [4.69, 9.17) is 32.7 Å². The summed E-state index contributed by atoms with van der Waals surface area (Å²) in [4.78, 5) is 24.7. The largest absolute Gasteiger partial charge is 0.441 e. The highest BCUT2D eigenvalue weighted by atomic mass is 35.5. The van der Waals surface area contributed by atoms with E-state index in [0.717, 1.165) is 32.6 Å². The topological polar surface area (TPSA) is 52.6 Å². The third kappa shape index (κ3) is 2.62. The van der Waals surface area contributed by atoms with E-state index in [1.54, 1.807) is 12.1 Å². The Morgan fingerprint density at radius 2 is 1.56 bits per heavy atom. The fraction of sp³-hybridized carbons (Fsp3) is 0.200. The lowest BCUT2D eigenvalue weighted by Crippen LogP contribution is -2.64. The maximum Gasteiger partial charge on any atom is 0.340 e. The van der Waals surface area contributed by atoms with E-state index in [1.165, 1.54) is 6.92 Å². The summed E-state index contributed by atoms with van der Waals surface area (Å²) < 4.78 is 11.6. The maximum atomic E-state index is 13.0. The van der Waals surface area contributed by atoms with Gasteiger partial charge in [0.25, 0.3) is 0 Å². The van der Waals surface area contributed by atoms with Gasteiger partial charge in [0.05, 0.1) is 10.6 Å². The first kappa shape index (κ1) is 21.3. The number of rotatable bonds is 1. The summed E-state index contributed by atoms with van der Waals surface area (Å²) in [6.07, 6.45) is 0. The van der Waals surface area contributed by atoms with Gasteiger partial charge in [-0.05, 0) is 35.0 Å². The van der Waals surface area contributed by atoms with Gasteiger partial charge in [0.2, 0.25) is 0 Å². The molecule has 7 heteroatoms. The molecule has 4 nitrogen and oxygen atoms in total. The Kier molecular flexibility index (Phi) is 4.61. The average Bonchev–Trinajstić information content (AvgIpc) is 3.03. The zero-order valence-corrected chi connectivity index (χ0v) is 20.5. The van der Waals surface area contributed by atoms with Crippen molar-refractivity contribution < 1.29 is 19.1 Å². The summed E-state index contributed by atoms with van der Waals surface area (Å²) >= 11 is 13.8. The summed E-state index contributed by atoms with van der Waals surface area (Å²) in [5.41, 5.74) is 2.70. The minimum atomic E-state index is -2.52. The van der Waals surface area contributed by atoms with Crippen LogP contribution in [-0.4, -0.2) is 20.0 Å². The predicted octanol–water partition coefficient (Wildman–Crippen LogP) is 4.83. The van der Waals surface area contributed by atoms with Crippen molar-refractivity contribution in [2.45, 2.75) is 32.5 Å². The Balaban J connectivity index is 1.96. The van der Waals surface area contributed by atoms with Gasteiger partial charge in [-0.2, -0.15) is 0 Å². The number of benzene rings is 3. The summed E-state index contributed by atoms with van der Waals surface area (Å²) in [6.45, 7) is 7.62. The summed E-state index contributed by atoms with van der Waals surface area (Å²) in [5.74, 6) is -0.557. The zero-order chi connectivity index (χ0) is 23.0. The van der Waals surface area contributed by atoms with Gasteiger partial charge >= 0.3 is 11.9 Å². The second kappa shape index (κ2) is 6.95. The van der Waals surface area contributed by atoms with Crippen LogP contribution in [0.15, 0.2) is 48.5 Å². The molecule has 0 bridgehead atoms. The van der Waals surface area contributed by atoms with E-state index in [9.17, 15) is 9.59 Å². The van der Waals surface area contributed by atoms with Crippen LogP contribution in [0.25, 0.3) is 0 Å². The highest BCUT2D eigenvalue weighted by Crippen LogP contribution is 2.50. The highest BCUT2D eigenvalue weighted by Gasteiger charge is 2.57. The monoisotopic (exact) mass is 482 g/mol. The van der Waals surface area contributed by atoms with E-state index in [0.29, 0.717) is 21.4 Å².